The summed E-state index contributed by atoms with van der Waals surface area (Å²) in [6.45, 7) is 5.14. The second-order valence-electron chi connectivity index (χ2n) is 5.31. The summed E-state index contributed by atoms with van der Waals surface area (Å²) in [6, 6.07) is 14.0. The van der Waals surface area contributed by atoms with Crippen molar-refractivity contribution in [2.75, 3.05) is 31.2 Å². The zero-order valence-corrected chi connectivity index (χ0v) is 12.6. The molecule has 0 atom stereocenters. The minimum atomic E-state index is 0.600. The van der Waals surface area contributed by atoms with Crippen molar-refractivity contribution in [1.82, 2.24) is 0 Å². The molecule has 1 aliphatic rings. The van der Waals surface area contributed by atoms with E-state index in [0.717, 1.165) is 37.8 Å². The Labute approximate surface area is 130 Å². The van der Waals surface area contributed by atoms with E-state index in [2.05, 4.69) is 11.0 Å². The summed E-state index contributed by atoms with van der Waals surface area (Å²) in [5.74, 6) is 1.52. The Hall–Kier alpha value is -2.51. The van der Waals surface area contributed by atoms with Crippen LogP contribution in [0.15, 0.2) is 40.8 Å². The van der Waals surface area contributed by atoms with E-state index in [1.807, 2.05) is 43.3 Å². The van der Waals surface area contributed by atoms with Crippen LogP contribution in [0.2, 0.25) is 0 Å². The fraction of sp³-hybridized carbons (Fsp3) is 0.278. The lowest BCUT2D eigenvalue weighted by Gasteiger charge is -2.26. The predicted octanol–water partition coefficient (Wildman–Crippen LogP) is 3.49. The Bertz CT molecular complexity index is 701. The molecule has 112 valence electrons. The van der Waals surface area contributed by atoms with Crippen molar-refractivity contribution < 1.29 is 9.15 Å². The van der Waals surface area contributed by atoms with E-state index in [1.54, 1.807) is 6.08 Å². The van der Waals surface area contributed by atoms with Gasteiger partial charge in [-0.1, -0.05) is 29.8 Å². The van der Waals surface area contributed by atoms with E-state index < -0.39 is 0 Å². The molecule has 1 aromatic heterocycles. The maximum absolute atomic E-state index is 9.38. The lowest BCUT2D eigenvalue weighted by atomic mass is 10.0. The number of hydrogen-bond acceptors (Lipinski definition) is 4. The van der Waals surface area contributed by atoms with Gasteiger partial charge in [0, 0.05) is 19.2 Å². The van der Waals surface area contributed by atoms with E-state index in [1.165, 1.54) is 5.56 Å². The van der Waals surface area contributed by atoms with Crippen molar-refractivity contribution in [1.29, 1.82) is 5.26 Å². The van der Waals surface area contributed by atoms with E-state index in [-0.39, 0.29) is 0 Å². The molecule has 22 heavy (non-hydrogen) atoms. The average molecular weight is 294 g/mol. The van der Waals surface area contributed by atoms with Crippen LogP contribution >= 0.6 is 0 Å². The summed E-state index contributed by atoms with van der Waals surface area (Å²) < 4.78 is 11.2. The van der Waals surface area contributed by atoms with Gasteiger partial charge in [-0.2, -0.15) is 5.26 Å². The van der Waals surface area contributed by atoms with Gasteiger partial charge in [-0.25, -0.2) is 0 Å². The molecule has 0 aliphatic carbocycles. The molecule has 2 aromatic rings. The molecule has 0 N–H and O–H groups in total. The minimum Gasteiger partial charge on any atom is -0.441 e. The number of morpholine rings is 1. The minimum absolute atomic E-state index is 0.600. The molecular weight excluding hydrogens is 276 g/mol. The van der Waals surface area contributed by atoms with Gasteiger partial charge in [0.2, 0.25) is 0 Å². The van der Waals surface area contributed by atoms with Gasteiger partial charge < -0.3 is 14.1 Å². The Balaban J connectivity index is 1.82. The normalized spacial score (nSPS) is 15.6. The highest BCUT2D eigenvalue weighted by Gasteiger charge is 2.14. The quantitative estimate of drug-likeness (QED) is 0.813. The molecule has 2 heterocycles. The molecular formula is C18H18N2O2. The summed E-state index contributed by atoms with van der Waals surface area (Å²) in [4.78, 5) is 2.15. The number of ether oxygens (including phenoxy) is 1. The van der Waals surface area contributed by atoms with Crippen molar-refractivity contribution in [3.63, 3.8) is 0 Å². The van der Waals surface area contributed by atoms with Crippen molar-refractivity contribution in [3.8, 4) is 6.07 Å². The molecule has 0 saturated carbocycles. The summed E-state index contributed by atoms with van der Waals surface area (Å²) >= 11 is 0. The molecule has 0 spiro atoms. The van der Waals surface area contributed by atoms with Crippen LogP contribution < -0.4 is 4.90 Å². The van der Waals surface area contributed by atoms with Gasteiger partial charge in [-0.05, 0) is 24.6 Å². The molecule has 4 heteroatoms. The van der Waals surface area contributed by atoms with Gasteiger partial charge in [-0.3, -0.25) is 0 Å². The van der Waals surface area contributed by atoms with E-state index in [9.17, 15) is 5.26 Å². The van der Waals surface area contributed by atoms with Crippen LogP contribution in [0.5, 0.6) is 0 Å². The molecule has 0 amide bonds. The Kier molecular flexibility index (Phi) is 4.27. The van der Waals surface area contributed by atoms with Crippen LogP contribution in [0.25, 0.3) is 11.6 Å². The van der Waals surface area contributed by atoms with Crippen LogP contribution in [-0.2, 0) is 4.74 Å². The number of allylic oxidation sites excluding steroid dienone is 1. The number of nitrogens with zero attached hydrogens (tertiary/aromatic N) is 2. The largest absolute Gasteiger partial charge is 0.441 e. The molecule has 0 unspecified atom stereocenters. The molecule has 0 radical (unpaired) electrons. The van der Waals surface area contributed by atoms with Gasteiger partial charge >= 0.3 is 0 Å². The maximum atomic E-state index is 9.38. The number of anilines is 1. The summed E-state index contributed by atoms with van der Waals surface area (Å²) in [6.07, 6.45) is 1.79. The van der Waals surface area contributed by atoms with Crippen LogP contribution in [0.4, 0.5) is 5.88 Å². The number of benzene rings is 1. The Morgan fingerprint density at radius 1 is 1.14 bits per heavy atom. The Morgan fingerprint density at radius 3 is 2.55 bits per heavy atom. The van der Waals surface area contributed by atoms with Gasteiger partial charge in [0.25, 0.3) is 0 Å². The van der Waals surface area contributed by atoms with E-state index in [0.29, 0.717) is 11.3 Å². The molecule has 4 nitrogen and oxygen atoms in total. The standard InChI is InChI=1S/C18H18N2O2/c1-14-2-4-15(5-3-14)16(13-19)12-17-6-7-18(22-17)20-8-10-21-11-9-20/h2-7,12H,8-11H2,1H3/b16-12+. The number of nitriles is 1. The topological polar surface area (TPSA) is 49.4 Å². The SMILES string of the molecule is Cc1ccc(/C(C#N)=C/c2ccc(N3CCOCC3)o2)cc1. The van der Waals surface area contributed by atoms with Crippen molar-refractivity contribution >= 4 is 17.5 Å². The first kappa shape index (κ1) is 14.4. The Morgan fingerprint density at radius 2 is 1.86 bits per heavy atom. The van der Waals surface area contributed by atoms with Crippen LogP contribution in [0, 0.1) is 18.3 Å². The first-order valence-electron chi connectivity index (χ1n) is 7.37. The highest BCUT2D eigenvalue weighted by molar-refractivity contribution is 5.88. The van der Waals surface area contributed by atoms with Crippen LogP contribution in [0.3, 0.4) is 0 Å². The number of hydrogen-bond donors (Lipinski definition) is 0. The third kappa shape index (κ3) is 3.21. The van der Waals surface area contributed by atoms with Crippen LogP contribution in [0.1, 0.15) is 16.9 Å². The highest BCUT2D eigenvalue weighted by Crippen LogP contribution is 2.24. The second-order valence-corrected chi connectivity index (χ2v) is 5.31. The van der Waals surface area contributed by atoms with E-state index >= 15 is 0 Å². The van der Waals surface area contributed by atoms with Gasteiger partial charge in [0.1, 0.15) is 5.76 Å². The van der Waals surface area contributed by atoms with Gasteiger partial charge in [0.05, 0.1) is 24.9 Å². The molecule has 3 rings (SSSR count). The third-order valence-electron chi connectivity index (χ3n) is 3.70. The molecule has 1 fully saturated rings. The van der Waals surface area contributed by atoms with Crippen LogP contribution in [-0.4, -0.2) is 26.3 Å². The number of rotatable bonds is 3. The fourth-order valence-electron chi connectivity index (χ4n) is 2.43. The fourth-order valence-corrected chi connectivity index (χ4v) is 2.43. The van der Waals surface area contributed by atoms with Crippen molar-refractivity contribution in [2.24, 2.45) is 0 Å². The highest BCUT2D eigenvalue weighted by atomic mass is 16.5. The monoisotopic (exact) mass is 294 g/mol. The van der Waals surface area contributed by atoms with Crippen molar-refractivity contribution in [2.45, 2.75) is 6.92 Å². The van der Waals surface area contributed by atoms with Gasteiger partial charge in [0.15, 0.2) is 5.88 Å². The van der Waals surface area contributed by atoms with Crippen molar-refractivity contribution in [3.05, 3.63) is 53.3 Å². The maximum Gasteiger partial charge on any atom is 0.196 e. The van der Waals surface area contributed by atoms with Gasteiger partial charge in [-0.15, -0.1) is 0 Å². The lowest BCUT2D eigenvalue weighted by Crippen LogP contribution is -2.35. The summed E-state index contributed by atoms with van der Waals surface area (Å²) in [5, 5.41) is 9.38. The molecule has 1 aliphatic heterocycles. The summed E-state index contributed by atoms with van der Waals surface area (Å²) in [5.41, 5.74) is 2.67. The summed E-state index contributed by atoms with van der Waals surface area (Å²) in [7, 11) is 0. The smallest absolute Gasteiger partial charge is 0.196 e. The zero-order valence-electron chi connectivity index (χ0n) is 12.6. The molecule has 0 bridgehead atoms. The third-order valence-corrected chi connectivity index (χ3v) is 3.70. The first-order valence-corrected chi connectivity index (χ1v) is 7.37. The second kappa shape index (κ2) is 6.50. The number of furan rings is 1. The average Bonchev–Trinajstić information content (AvgIpc) is 3.03. The molecule has 1 saturated heterocycles. The first-order chi connectivity index (χ1) is 10.8. The predicted molar refractivity (Wildman–Crippen MR) is 86.4 cm³/mol. The molecule has 1 aromatic carbocycles. The van der Waals surface area contributed by atoms with E-state index in [4.69, 9.17) is 9.15 Å². The number of aryl methyl sites for hydroxylation is 1. The zero-order chi connectivity index (χ0) is 15.4. The lowest BCUT2D eigenvalue weighted by molar-refractivity contribution is 0.120.